The van der Waals surface area contributed by atoms with E-state index in [1.807, 2.05) is 6.92 Å². The fourth-order valence-electron chi connectivity index (χ4n) is 2.06. The molecular weight excluding hydrogens is 234 g/mol. The van der Waals surface area contributed by atoms with Crippen molar-refractivity contribution in [2.45, 2.75) is 46.1 Å². The van der Waals surface area contributed by atoms with Crippen molar-refractivity contribution < 1.29 is 4.74 Å². The Bertz CT molecular complexity index is 369. The molecule has 0 aliphatic rings. The molecule has 0 bridgehead atoms. The highest BCUT2D eigenvalue weighted by Gasteiger charge is 2.10. The average Bonchev–Trinajstić information content (AvgIpc) is 2.40. The zero-order valence-electron chi connectivity index (χ0n) is 12.5. The fourth-order valence-corrected chi connectivity index (χ4v) is 2.06. The van der Waals surface area contributed by atoms with Gasteiger partial charge in [-0.05, 0) is 57.4 Å². The molecule has 0 fully saturated rings. The molecule has 1 aromatic rings. The van der Waals surface area contributed by atoms with Crippen molar-refractivity contribution in [2.75, 3.05) is 13.2 Å². The molecule has 0 heterocycles. The first-order valence-electron chi connectivity index (χ1n) is 7.27. The summed E-state index contributed by atoms with van der Waals surface area (Å²) in [5, 5.41) is 3.61. The molecule has 106 valence electrons. The van der Waals surface area contributed by atoms with E-state index in [-0.39, 0.29) is 0 Å². The summed E-state index contributed by atoms with van der Waals surface area (Å²) in [6, 6.07) is 8.85. The fraction of sp³-hybridized carbons (Fsp3) is 0.529. The maximum Gasteiger partial charge on any atom is 0.119 e. The number of nitrogens with one attached hydrogen (secondary N) is 1. The number of hydrogen-bond donors (Lipinski definition) is 1. The van der Waals surface area contributed by atoms with Crippen LogP contribution in [0.3, 0.4) is 0 Å². The van der Waals surface area contributed by atoms with E-state index < -0.39 is 0 Å². The van der Waals surface area contributed by atoms with E-state index in [2.05, 4.69) is 50.0 Å². The van der Waals surface area contributed by atoms with Gasteiger partial charge in [0.05, 0.1) is 6.61 Å². The molecule has 0 amide bonds. The van der Waals surface area contributed by atoms with Crippen LogP contribution < -0.4 is 10.1 Å². The molecule has 0 spiro atoms. The average molecular weight is 261 g/mol. The third kappa shape index (κ3) is 5.93. The molecule has 1 rings (SSSR count). The summed E-state index contributed by atoms with van der Waals surface area (Å²) in [5.41, 5.74) is 2.58. The van der Waals surface area contributed by atoms with Crippen molar-refractivity contribution in [3.63, 3.8) is 0 Å². The largest absolute Gasteiger partial charge is 0.494 e. The number of benzene rings is 1. The summed E-state index contributed by atoms with van der Waals surface area (Å²) in [4.78, 5) is 0. The maximum atomic E-state index is 5.49. The lowest BCUT2D eigenvalue weighted by molar-refractivity contribution is 0.340. The molecule has 0 saturated carbocycles. The predicted molar refractivity (Wildman–Crippen MR) is 82.7 cm³/mol. The zero-order valence-corrected chi connectivity index (χ0v) is 12.5. The van der Waals surface area contributed by atoms with Crippen molar-refractivity contribution in [3.05, 3.63) is 42.0 Å². The topological polar surface area (TPSA) is 21.3 Å². The maximum absolute atomic E-state index is 5.49. The Hall–Kier alpha value is -1.28. The second-order valence-corrected chi connectivity index (χ2v) is 5.00. The van der Waals surface area contributed by atoms with Crippen LogP contribution in [-0.2, 0) is 0 Å². The second-order valence-electron chi connectivity index (χ2n) is 5.00. The minimum absolute atomic E-state index is 0.410. The van der Waals surface area contributed by atoms with Crippen molar-refractivity contribution in [1.82, 2.24) is 5.32 Å². The Balaban J connectivity index is 2.68. The van der Waals surface area contributed by atoms with Crippen LogP contribution in [0.5, 0.6) is 5.75 Å². The van der Waals surface area contributed by atoms with Gasteiger partial charge in [-0.2, -0.15) is 0 Å². The van der Waals surface area contributed by atoms with Crippen LogP contribution in [0, 0.1) is 0 Å². The van der Waals surface area contributed by atoms with Gasteiger partial charge in [0.1, 0.15) is 5.75 Å². The van der Waals surface area contributed by atoms with Crippen molar-refractivity contribution in [1.29, 1.82) is 0 Å². The number of ether oxygens (including phenoxy) is 1. The number of allylic oxidation sites excluding steroid dienone is 1. The standard InChI is InChI=1S/C17H27NO/c1-5-13-18-17(12-7-14(3)4)15-8-10-16(11-9-15)19-6-2/h8-11,17-18H,3,5-7,12-13H2,1-2,4H3. The molecule has 0 aromatic heterocycles. The van der Waals surface area contributed by atoms with Crippen LogP contribution in [0.4, 0.5) is 0 Å². The van der Waals surface area contributed by atoms with E-state index in [0.717, 1.165) is 31.6 Å². The van der Waals surface area contributed by atoms with Crippen molar-refractivity contribution in [2.24, 2.45) is 0 Å². The van der Waals surface area contributed by atoms with Crippen LogP contribution in [-0.4, -0.2) is 13.2 Å². The first kappa shape index (κ1) is 15.8. The van der Waals surface area contributed by atoms with E-state index in [1.54, 1.807) is 0 Å². The molecule has 1 atom stereocenters. The third-order valence-electron chi connectivity index (χ3n) is 3.09. The molecule has 2 heteroatoms. The minimum atomic E-state index is 0.410. The molecule has 0 aliphatic heterocycles. The van der Waals surface area contributed by atoms with Gasteiger partial charge in [-0.1, -0.05) is 24.6 Å². The van der Waals surface area contributed by atoms with Crippen LogP contribution in [0.25, 0.3) is 0 Å². The summed E-state index contributed by atoms with van der Waals surface area (Å²) in [6.07, 6.45) is 3.32. The monoisotopic (exact) mass is 261 g/mol. The summed E-state index contributed by atoms with van der Waals surface area (Å²) in [5.74, 6) is 0.945. The Morgan fingerprint density at radius 1 is 1.26 bits per heavy atom. The molecule has 0 radical (unpaired) electrons. The number of rotatable bonds is 9. The molecule has 0 aliphatic carbocycles. The van der Waals surface area contributed by atoms with Crippen LogP contribution in [0.1, 0.15) is 51.6 Å². The Morgan fingerprint density at radius 3 is 2.47 bits per heavy atom. The summed E-state index contributed by atoms with van der Waals surface area (Å²) in [6.45, 7) is 12.1. The normalized spacial score (nSPS) is 12.2. The SMILES string of the molecule is C=C(C)CCC(NCCC)c1ccc(OCC)cc1. The van der Waals surface area contributed by atoms with Gasteiger partial charge in [0.2, 0.25) is 0 Å². The van der Waals surface area contributed by atoms with Gasteiger partial charge in [-0.25, -0.2) is 0 Å². The van der Waals surface area contributed by atoms with E-state index in [0.29, 0.717) is 12.6 Å². The van der Waals surface area contributed by atoms with E-state index >= 15 is 0 Å². The van der Waals surface area contributed by atoms with Gasteiger partial charge in [-0.15, -0.1) is 6.58 Å². The molecule has 1 unspecified atom stereocenters. The lowest BCUT2D eigenvalue weighted by atomic mass is 9.99. The third-order valence-corrected chi connectivity index (χ3v) is 3.09. The van der Waals surface area contributed by atoms with E-state index in [1.165, 1.54) is 11.1 Å². The zero-order chi connectivity index (χ0) is 14.1. The Morgan fingerprint density at radius 2 is 1.95 bits per heavy atom. The highest BCUT2D eigenvalue weighted by atomic mass is 16.5. The lowest BCUT2D eigenvalue weighted by Crippen LogP contribution is -2.22. The second kappa shape index (κ2) is 8.76. The molecule has 1 aromatic carbocycles. The van der Waals surface area contributed by atoms with Gasteiger partial charge in [-0.3, -0.25) is 0 Å². The van der Waals surface area contributed by atoms with Crippen molar-refractivity contribution in [3.8, 4) is 5.75 Å². The molecule has 1 N–H and O–H groups in total. The van der Waals surface area contributed by atoms with Gasteiger partial charge >= 0.3 is 0 Å². The highest BCUT2D eigenvalue weighted by molar-refractivity contribution is 5.29. The van der Waals surface area contributed by atoms with Gasteiger partial charge in [0.15, 0.2) is 0 Å². The minimum Gasteiger partial charge on any atom is -0.494 e. The quantitative estimate of drug-likeness (QED) is 0.662. The highest BCUT2D eigenvalue weighted by Crippen LogP contribution is 2.23. The first-order valence-corrected chi connectivity index (χ1v) is 7.27. The van der Waals surface area contributed by atoms with Crippen LogP contribution in [0.15, 0.2) is 36.4 Å². The molecule has 19 heavy (non-hydrogen) atoms. The van der Waals surface area contributed by atoms with E-state index in [9.17, 15) is 0 Å². The smallest absolute Gasteiger partial charge is 0.119 e. The van der Waals surface area contributed by atoms with Gasteiger partial charge < -0.3 is 10.1 Å². The Labute approximate surface area is 117 Å². The predicted octanol–water partition coefficient (Wildman–Crippen LogP) is 4.48. The summed E-state index contributed by atoms with van der Waals surface area (Å²) < 4.78 is 5.49. The Kier molecular flexibility index (Phi) is 7.27. The lowest BCUT2D eigenvalue weighted by Gasteiger charge is -2.19. The molecule has 0 saturated heterocycles. The van der Waals surface area contributed by atoms with Gasteiger partial charge in [0.25, 0.3) is 0 Å². The van der Waals surface area contributed by atoms with Crippen molar-refractivity contribution >= 4 is 0 Å². The molecular formula is C17H27NO. The number of hydrogen-bond acceptors (Lipinski definition) is 2. The van der Waals surface area contributed by atoms with E-state index in [4.69, 9.17) is 4.74 Å². The first-order chi connectivity index (χ1) is 9.17. The van der Waals surface area contributed by atoms with Gasteiger partial charge in [0, 0.05) is 6.04 Å². The van der Waals surface area contributed by atoms with Crippen LogP contribution in [0.2, 0.25) is 0 Å². The summed E-state index contributed by atoms with van der Waals surface area (Å²) in [7, 11) is 0. The molecule has 2 nitrogen and oxygen atoms in total. The van der Waals surface area contributed by atoms with Crippen LogP contribution >= 0.6 is 0 Å². The summed E-state index contributed by atoms with van der Waals surface area (Å²) >= 11 is 0.